The smallest absolute Gasteiger partial charge is 0.254 e. The Hall–Kier alpha value is -2.60. The molecule has 0 saturated heterocycles. The minimum atomic E-state index is -0.697. The molecule has 0 unspecified atom stereocenters. The fraction of sp³-hybridized carbons (Fsp3) is 0.586. The molecule has 1 saturated carbocycles. The molecule has 1 atom stereocenters. The van der Waals surface area contributed by atoms with Crippen molar-refractivity contribution in [2.24, 2.45) is 5.92 Å². The van der Waals surface area contributed by atoms with Gasteiger partial charge in [0, 0.05) is 55.1 Å². The second kappa shape index (κ2) is 8.81. The lowest BCUT2D eigenvalue weighted by molar-refractivity contribution is -0.123. The summed E-state index contributed by atoms with van der Waals surface area (Å²) in [5.74, 6) is 1.20. The van der Waals surface area contributed by atoms with Gasteiger partial charge in [0.1, 0.15) is 0 Å². The van der Waals surface area contributed by atoms with E-state index in [4.69, 9.17) is 9.47 Å². The van der Waals surface area contributed by atoms with E-state index in [-0.39, 0.29) is 11.7 Å². The molecule has 6 nitrogen and oxygen atoms in total. The van der Waals surface area contributed by atoms with Crippen LogP contribution in [-0.2, 0) is 11.2 Å². The molecule has 6 heteroatoms. The molecule has 35 heavy (non-hydrogen) atoms. The van der Waals surface area contributed by atoms with Gasteiger partial charge in [-0.05, 0) is 84.2 Å². The summed E-state index contributed by atoms with van der Waals surface area (Å²) in [5.41, 5.74) is 5.39. The molecule has 0 N–H and O–H groups in total. The Morgan fingerprint density at radius 1 is 1.09 bits per heavy atom. The highest BCUT2D eigenvalue weighted by atomic mass is 16.7. The van der Waals surface area contributed by atoms with Crippen molar-refractivity contribution in [3.05, 3.63) is 45.6 Å². The molecule has 4 aliphatic rings. The Bertz CT molecular complexity index is 1140. The second-order valence-electron chi connectivity index (χ2n) is 11.3. The molecule has 1 aromatic carbocycles. The molecule has 0 aromatic heterocycles. The van der Waals surface area contributed by atoms with Gasteiger partial charge in [0.25, 0.3) is 11.7 Å². The third-order valence-electron chi connectivity index (χ3n) is 8.57. The van der Waals surface area contributed by atoms with E-state index in [2.05, 4.69) is 32.0 Å². The first-order valence-electron chi connectivity index (χ1n) is 13.0. The summed E-state index contributed by atoms with van der Waals surface area (Å²) in [6.07, 6.45) is 7.67. The molecule has 188 valence electrons. The topological polar surface area (TPSA) is 59.1 Å². The number of ketones is 1. The summed E-state index contributed by atoms with van der Waals surface area (Å²) in [6.45, 7) is 8.94. The molecule has 2 heterocycles. The summed E-state index contributed by atoms with van der Waals surface area (Å²) in [7, 11) is 4.30. The second-order valence-corrected chi connectivity index (χ2v) is 11.3. The van der Waals surface area contributed by atoms with E-state index in [1.54, 1.807) is 0 Å². The number of hydrogen-bond donors (Lipinski definition) is 0. The summed E-state index contributed by atoms with van der Waals surface area (Å²) in [5, 5.41) is 0. The number of benzene rings is 1. The average Bonchev–Trinajstić information content (AvgIpc) is 3.15. The molecule has 2 aliphatic carbocycles. The van der Waals surface area contributed by atoms with Crippen LogP contribution in [0.25, 0.3) is 0 Å². The van der Waals surface area contributed by atoms with Crippen LogP contribution in [0.2, 0.25) is 0 Å². The average molecular weight is 479 g/mol. The highest BCUT2D eigenvalue weighted by molar-refractivity contribution is 6.03. The Labute approximate surface area is 208 Å². The Balaban J connectivity index is 1.37. The van der Waals surface area contributed by atoms with Crippen LogP contribution in [0, 0.1) is 12.8 Å². The van der Waals surface area contributed by atoms with Crippen LogP contribution < -0.4 is 9.47 Å². The van der Waals surface area contributed by atoms with Gasteiger partial charge in [-0.2, -0.15) is 0 Å². The van der Waals surface area contributed by atoms with Crippen molar-refractivity contribution in [1.29, 1.82) is 0 Å². The lowest BCUT2D eigenvalue weighted by Crippen LogP contribution is -2.46. The quantitative estimate of drug-likeness (QED) is 0.620. The van der Waals surface area contributed by atoms with Crippen molar-refractivity contribution in [3.63, 3.8) is 0 Å². The van der Waals surface area contributed by atoms with Gasteiger partial charge < -0.3 is 19.3 Å². The van der Waals surface area contributed by atoms with Gasteiger partial charge in [-0.1, -0.05) is 11.6 Å². The first-order valence-corrected chi connectivity index (χ1v) is 13.0. The zero-order valence-corrected chi connectivity index (χ0v) is 22.0. The maximum Gasteiger partial charge on any atom is 0.254 e. The van der Waals surface area contributed by atoms with E-state index in [1.165, 1.54) is 0 Å². The Kier molecular flexibility index (Phi) is 6.07. The predicted octanol–water partition coefficient (Wildman–Crippen LogP) is 4.84. The maximum atomic E-state index is 13.6. The summed E-state index contributed by atoms with van der Waals surface area (Å²) >= 11 is 0. The van der Waals surface area contributed by atoms with Crippen LogP contribution in [0.5, 0.6) is 11.5 Å². The fourth-order valence-electron chi connectivity index (χ4n) is 6.42. The number of hydrogen-bond acceptors (Lipinski definition) is 5. The minimum Gasteiger partial charge on any atom is -0.448 e. The maximum absolute atomic E-state index is 13.6. The molecule has 0 radical (unpaired) electrons. The summed E-state index contributed by atoms with van der Waals surface area (Å²) in [4.78, 5) is 30.4. The van der Waals surface area contributed by atoms with Gasteiger partial charge in [0.15, 0.2) is 17.3 Å². The molecule has 1 fully saturated rings. The highest BCUT2D eigenvalue weighted by Gasteiger charge is 2.47. The number of nitrogens with zero attached hydrogens (tertiary/aromatic N) is 2. The van der Waals surface area contributed by atoms with E-state index in [9.17, 15) is 9.59 Å². The van der Waals surface area contributed by atoms with E-state index in [1.807, 2.05) is 31.7 Å². The van der Waals surface area contributed by atoms with E-state index in [0.717, 1.165) is 65.7 Å². The van der Waals surface area contributed by atoms with E-state index >= 15 is 0 Å². The van der Waals surface area contributed by atoms with Gasteiger partial charge >= 0.3 is 0 Å². The summed E-state index contributed by atoms with van der Waals surface area (Å²) in [6, 6.07) is 2.64. The normalized spacial score (nSPS) is 28.5. The molecule has 0 bridgehead atoms. The van der Waals surface area contributed by atoms with Crippen molar-refractivity contribution in [2.75, 3.05) is 27.2 Å². The predicted molar refractivity (Wildman–Crippen MR) is 136 cm³/mol. The summed E-state index contributed by atoms with van der Waals surface area (Å²) < 4.78 is 13.0. The SMILES string of the molecule is CC1=CC(C)=C(CN2CCc3cc4c(c(C)c3C2=O)O[C@@](C)(C2CCC(N(C)C)CC2)O4)C(=O)C1. The van der Waals surface area contributed by atoms with Crippen LogP contribution >= 0.6 is 0 Å². The van der Waals surface area contributed by atoms with Crippen LogP contribution in [0.1, 0.15) is 74.4 Å². The zero-order chi connectivity index (χ0) is 25.1. The Morgan fingerprint density at radius 3 is 2.46 bits per heavy atom. The fourth-order valence-corrected chi connectivity index (χ4v) is 6.42. The van der Waals surface area contributed by atoms with Gasteiger partial charge in [-0.15, -0.1) is 0 Å². The molecular formula is C29H38N2O4. The molecule has 5 rings (SSSR count). The molecule has 0 spiro atoms. The molecule has 1 amide bonds. The largest absolute Gasteiger partial charge is 0.448 e. The van der Waals surface area contributed by atoms with Crippen molar-refractivity contribution in [3.8, 4) is 11.5 Å². The number of carbonyl (C=O) groups is 2. The number of allylic oxidation sites excluding steroid dienone is 3. The first-order chi connectivity index (χ1) is 16.6. The number of amides is 1. The van der Waals surface area contributed by atoms with Crippen molar-refractivity contribution < 1.29 is 19.1 Å². The van der Waals surface area contributed by atoms with Crippen LogP contribution in [0.3, 0.4) is 0 Å². The van der Waals surface area contributed by atoms with E-state index < -0.39 is 5.79 Å². The first kappa shape index (κ1) is 24.1. The van der Waals surface area contributed by atoms with Crippen LogP contribution in [0.15, 0.2) is 28.9 Å². The Morgan fingerprint density at radius 2 is 1.80 bits per heavy atom. The lowest BCUT2D eigenvalue weighted by atomic mass is 9.81. The highest BCUT2D eigenvalue weighted by Crippen LogP contribution is 2.50. The van der Waals surface area contributed by atoms with Crippen LogP contribution in [0.4, 0.5) is 0 Å². The number of Topliss-reactive ketones (excluding diaryl/α,β-unsaturated/α-hetero) is 1. The number of fused-ring (bicyclic) bond motifs is 2. The van der Waals surface area contributed by atoms with Gasteiger partial charge in [-0.3, -0.25) is 9.59 Å². The zero-order valence-electron chi connectivity index (χ0n) is 22.0. The third kappa shape index (κ3) is 4.20. The minimum absolute atomic E-state index is 0.0189. The number of carbonyl (C=O) groups excluding carboxylic acids is 2. The number of ether oxygens (including phenoxy) is 2. The third-order valence-corrected chi connectivity index (χ3v) is 8.57. The monoisotopic (exact) mass is 478 g/mol. The van der Waals surface area contributed by atoms with Gasteiger partial charge in [-0.25, -0.2) is 0 Å². The van der Waals surface area contributed by atoms with Crippen LogP contribution in [-0.4, -0.2) is 60.5 Å². The van der Waals surface area contributed by atoms with Gasteiger partial charge in [0.2, 0.25) is 0 Å². The molecule has 1 aromatic rings. The standard InChI is InChI=1S/C29H38N2O4/c1-17-13-18(2)23(24(32)14-17)16-31-12-11-20-15-25-27(19(3)26(20)28(31)33)35-29(4,34-25)21-7-9-22(10-8-21)30(5)6/h13,15,21-22H,7-12,14,16H2,1-6H3/t21?,22?,29-/m0/s1. The van der Waals surface area contributed by atoms with E-state index in [0.29, 0.717) is 42.8 Å². The lowest BCUT2D eigenvalue weighted by Gasteiger charge is -2.39. The van der Waals surface area contributed by atoms with Gasteiger partial charge in [0.05, 0.1) is 0 Å². The molecule has 2 aliphatic heterocycles. The molecular weight excluding hydrogens is 440 g/mol. The van der Waals surface area contributed by atoms with Crippen molar-refractivity contribution in [2.45, 2.75) is 78.0 Å². The van der Waals surface area contributed by atoms with Crippen molar-refractivity contribution in [1.82, 2.24) is 9.80 Å². The van der Waals surface area contributed by atoms with Crippen molar-refractivity contribution >= 4 is 11.7 Å². The number of rotatable bonds is 4.